The van der Waals surface area contributed by atoms with Gasteiger partial charge in [0.15, 0.2) is 0 Å². The van der Waals surface area contributed by atoms with E-state index < -0.39 is 0 Å². The van der Waals surface area contributed by atoms with Crippen LogP contribution in [0.15, 0.2) is 65.1 Å². The van der Waals surface area contributed by atoms with Crippen LogP contribution in [0.2, 0.25) is 0 Å². The van der Waals surface area contributed by atoms with Gasteiger partial charge in [-0.2, -0.15) is 0 Å². The minimum absolute atomic E-state index is 0.749. The van der Waals surface area contributed by atoms with Crippen molar-refractivity contribution < 1.29 is 0 Å². The maximum atomic E-state index is 4.34. The van der Waals surface area contributed by atoms with Gasteiger partial charge in [-0.25, -0.2) is 0 Å². The van der Waals surface area contributed by atoms with Crippen LogP contribution in [0.3, 0.4) is 0 Å². The molecule has 0 saturated carbocycles. The second-order valence-electron chi connectivity index (χ2n) is 4.17. The first-order valence-electron chi connectivity index (χ1n) is 6.44. The van der Waals surface area contributed by atoms with Gasteiger partial charge in [-0.15, -0.1) is 12.6 Å². The normalized spacial score (nSPS) is 11.8. The molecule has 0 aliphatic carbocycles. The Bertz CT molecular complexity index is 565. The van der Waals surface area contributed by atoms with Crippen LogP contribution in [0.4, 0.5) is 0 Å². The second-order valence-corrected chi connectivity index (χ2v) is 4.43. The summed E-state index contributed by atoms with van der Waals surface area (Å²) in [5.41, 5.74) is 2.97. The van der Waals surface area contributed by atoms with Crippen molar-refractivity contribution in [1.82, 2.24) is 10.3 Å². The van der Waals surface area contributed by atoms with Crippen molar-refractivity contribution in [3.63, 3.8) is 0 Å². The maximum Gasteiger partial charge on any atom is 0.0869 e. The summed E-state index contributed by atoms with van der Waals surface area (Å²) in [5, 5.41) is 4.79. The Hall–Kier alpha value is -2.07. The highest BCUT2D eigenvalue weighted by molar-refractivity contribution is 7.83. The third-order valence-electron chi connectivity index (χ3n) is 2.75. The number of rotatable bonds is 6. The summed E-state index contributed by atoms with van der Waals surface area (Å²) in [5.74, 6) is 0. The zero-order valence-electron chi connectivity index (χ0n) is 11.1. The largest absolute Gasteiger partial charge is 0.345 e. The average Bonchev–Trinajstić information content (AvgIpc) is 2.53. The summed E-state index contributed by atoms with van der Waals surface area (Å²) in [6, 6.07) is 16.1. The van der Waals surface area contributed by atoms with Gasteiger partial charge in [0, 0.05) is 12.7 Å². The molecule has 0 spiro atoms. The van der Waals surface area contributed by atoms with Crippen LogP contribution < -0.4 is 5.32 Å². The monoisotopic (exact) mass is 283 g/mol. The molecule has 20 heavy (non-hydrogen) atoms. The first-order valence-corrected chi connectivity index (χ1v) is 6.96. The highest BCUT2D eigenvalue weighted by Gasteiger charge is 1.98. The molecule has 2 aromatic rings. The molecule has 0 aliphatic heterocycles. The lowest BCUT2D eigenvalue weighted by Gasteiger charge is -2.04. The predicted octanol–water partition coefficient (Wildman–Crippen LogP) is 3.17. The van der Waals surface area contributed by atoms with Crippen molar-refractivity contribution >= 4 is 24.7 Å². The Labute approximate surface area is 124 Å². The molecular formula is C16H17N3S. The third-order valence-corrected chi connectivity index (χ3v) is 3.01. The number of pyridine rings is 1. The Kier molecular flexibility index (Phi) is 5.86. The lowest BCUT2D eigenvalue weighted by atomic mass is 10.2. The standard InChI is InChI=1S/C16H17N3S/c20-12-16(15-8-4-5-10-18-15)19-13-17-11-9-14-6-2-1-3-7-14/h1-8,10,12-13,20H,9,11H2,(H,17,19)/b16-12-. The Balaban J connectivity index is 1.81. The van der Waals surface area contributed by atoms with Crippen molar-refractivity contribution in [1.29, 1.82) is 0 Å². The predicted molar refractivity (Wildman–Crippen MR) is 87.8 cm³/mol. The van der Waals surface area contributed by atoms with Gasteiger partial charge in [0.1, 0.15) is 0 Å². The van der Waals surface area contributed by atoms with Crippen molar-refractivity contribution in [2.75, 3.05) is 6.54 Å². The van der Waals surface area contributed by atoms with E-state index in [2.05, 4.69) is 40.1 Å². The average molecular weight is 283 g/mol. The van der Waals surface area contributed by atoms with Crippen molar-refractivity contribution in [2.45, 2.75) is 6.42 Å². The number of hydrogen-bond donors (Lipinski definition) is 2. The van der Waals surface area contributed by atoms with Gasteiger partial charge in [0.2, 0.25) is 0 Å². The molecule has 0 bridgehead atoms. The Morgan fingerprint density at radius 1 is 1.15 bits per heavy atom. The third kappa shape index (κ3) is 4.55. The van der Waals surface area contributed by atoms with Gasteiger partial charge in [-0.3, -0.25) is 9.98 Å². The summed E-state index contributed by atoms with van der Waals surface area (Å²) in [4.78, 5) is 8.60. The van der Waals surface area contributed by atoms with E-state index in [0.29, 0.717) is 0 Å². The molecule has 1 aromatic heterocycles. The summed E-state index contributed by atoms with van der Waals surface area (Å²) >= 11 is 4.18. The lowest BCUT2D eigenvalue weighted by molar-refractivity contribution is 0.966. The molecule has 0 aliphatic rings. The van der Waals surface area contributed by atoms with Crippen molar-refractivity contribution in [2.24, 2.45) is 4.99 Å². The molecule has 1 N–H and O–H groups in total. The molecule has 0 radical (unpaired) electrons. The summed E-state index contributed by atoms with van der Waals surface area (Å²) < 4.78 is 0. The molecule has 0 atom stereocenters. The van der Waals surface area contributed by atoms with E-state index in [4.69, 9.17) is 0 Å². The van der Waals surface area contributed by atoms with E-state index in [1.165, 1.54) is 5.56 Å². The molecule has 0 amide bonds. The lowest BCUT2D eigenvalue weighted by Crippen LogP contribution is -2.10. The number of benzene rings is 1. The maximum absolute atomic E-state index is 4.34. The summed E-state index contributed by atoms with van der Waals surface area (Å²) in [6.45, 7) is 0.749. The fourth-order valence-electron chi connectivity index (χ4n) is 1.72. The molecule has 0 saturated heterocycles. The van der Waals surface area contributed by atoms with E-state index in [0.717, 1.165) is 24.4 Å². The zero-order chi connectivity index (χ0) is 14.0. The van der Waals surface area contributed by atoms with E-state index in [9.17, 15) is 0 Å². The number of thiol groups is 1. The van der Waals surface area contributed by atoms with Gasteiger partial charge in [-0.05, 0) is 29.5 Å². The smallest absolute Gasteiger partial charge is 0.0869 e. The Morgan fingerprint density at radius 2 is 1.95 bits per heavy atom. The number of aromatic nitrogens is 1. The number of aliphatic imine (C=N–C) groups is 1. The first kappa shape index (κ1) is 14.3. The Morgan fingerprint density at radius 3 is 2.65 bits per heavy atom. The second kappa shape index (κ2) is 8.17. The topological polar surface area (TPSA) is 37.3 Å². The quantitative estimate of drug-likeness (QED) is 0.485. The molecule has 0 unspecified atom stereocenters. The van der Waals surface area contributed by atoms with Crippen LogP contribution in [0, 0.1) is 0 Å². The minimum atomic E-state index is 0.749. The van der Waals surface area contributed by atoms with E-state index in [1.807, 2.05) is 36.4 Å². The van der Waals surface area contributed by atoms with Crippen LogP contribution in [-0.2, 0) is 6.42 Å². The van der Waals surface area contributed by atoms with Gasteiger partial charge in [0.05, 0.1) is 17.7 Å². The molecule has 0 fully saturated rings. The van der Waals surface area contributed by atoms with Crippen molar-refractivity contribution in [3.05, 3.63) is 71.4 Å². The number of nitrogens with zero attached hydrogens (tertiary/aromatic N) is 2. The van der Waals surface area contributed by atoms with Crippen molar-refractivity contribution in [3.8, 4) is 0 Å². The SMILES string of the molecule is S/C=C(\NC=NCCc1ccccc1)c1ccccn1. The van der Waals surface area contributed by atoms with Gasteiger partial charge >= 0.3 is 0 Å². The molecule has 1 heterocycles. The zero-order valence-corrected chi connectivity index (χ0v) is 12.0. The first-order chi connectivity index (χ1) is 9.90. The van der Waals surface area contributed by atoms with Crippen LogP contribution in [0.25, 0.3) is 5.70 Å². The molecule has 2 rings (SSSR count). The van der Waals surface area contributed by atoms with Crippen LogP contribution >= 0.6 is 12.6 Å². The minimum Gasteiger partial charge on any atom is -0.345 e. The number of hydrogen-bond acceptors (Lipinski definition) is 3. The highest BCUT2D eigenvalue weighted by Crippen LogP contribution is 2.07. The van der Waals surface area contributed by atoms with Crippen LogP contribution in [0.5, 0.6) is 0 Å². The van der Waals surface area contributed by atoms with Gasteiger partial charge in [0.25, 0.3) is 0 Å². The summed E-state index contributed by atoms with van der Waals surface area (Å²) in [7, 11) is 0. The molecule has 102 valence electrons. The summed E-state index contributed by atoms with van der Waals surface area (Å²) in [6.07, 6.45) is 4.38. The molecule has 1 aromatic carbocycles. The fourth-order valence-corrected chi connectivity index (χ4v) is 1.92. The van der Waals surface area contributed by atoms with E-state index >= 15 is 0 Å². The van der Waals surface area contributed by atoms with Crippen LogP contribution in [-0.4, -0.2) is 17.9 Å². The van der Waals surface area contributed by atoms with Gasteiger partial charge in [-0.1, -0.05) is 36.4 Å². The van der Waals surface area contributed by atoms with Crippen LogP contribution in [0.1, 0.15) is 11.3 Å². The molecule has 3 nitrogen and oxygen atoms in total. The fraction of sp³-hybridized carbons (Fsp3) is 0.125. The van der Waals surface area contributed by atoms with E-state index in [-0.39, 0.29) is 0 Å². The number of nitrogens with one attached hydrogen (secondary N) is 1. The van der Waals surface area contributed by atoms with Gasteiger partial charge < -0.3 is 5.32 Å². The van der Waals surface area contributed by atoms with E-state index in [1.54, 1.807) is 17.9 Å². The highest BCUT2D eigenvalue weighted by atomic mass is 32.1. The molecule has 4 heteroatoms. The molecular weight excluding hydrogens is 266 g/mol.